The highest BCUT2D eigenvalue weighted by molar-refractivity contribution is 5.82. The van der Waals surface area contributed by atoms with Crippen molar-refractivity contribution >= 4 is 11.9 Å². The van der Waals surface area contributed by atoms with E-state index < -0.39 is 65.4 Å². The Balaban J connectivity index is 1.72. The molecule has 1 aliphatic rings. The van der Waals surface area contributed by atoms with Gasteiger partial charge in [-0.15, -0.1) is 0 Å². The maximum atomic E-state index is 15.6. The second-order valence-electron chi connectivity index (χ2n) is 12.1. The molecule has 242 valence electrons. The van der Waals surface area contributed by atoms with E-state index in [9.17, 15) is 37.1 Å². The molecule has 1 aromatic heterocycles. The number of halogens is 5. The molecule has 0 saturated carbocycles. The van der Waals surface area contributed by atoms with E-state index >= 15 is 4.39 Å². The monoisotopic (exact) mass is 633 g/mol. The molecule has 7 nitrogen and oxygen atoms in total. The molecule has 4 rings (SSSR count). The first-order valence-corrected chi connectivity index (χ1v) is 14.7. The number of nitrogens with one attached hydrogen (secondary N) is 1. The van der Waals surface area contributed by atoms with Crippen LogP contribution in [0, 0.1) is 43.0 Å². The molecule has 1 amide bonds. The zero-order chi connectivity index (χ0) is 33.2. The summed E-state index contributed by atoms with van der Waals surface area (Å²) in [6, 6.07) is 2.66. The zero-order valence-corrected chi connectivity index (χ0v) is 25.5. The quantitative estimate of drug-likeness (QED) is 0.246. The van der Waals surface area contributed by atoms with Gasteiger partial charge in [0.2, 0.25) is 5.91 Å². The van der Waals surface area contributed by atoms with Crippen LogP contribution in [0.25, 0.3) is 11.1 Å². The van der Waals surface area contributed by atoms with Crippen molar-refractivity contribution in [1.29, 1.82) is 0 Å². The second kappa shape index (κ2) is 13.9. The van der Waals surface area contributed by atoms with Crippen LogP contribution in [-0.4, -0.2) is 52.3 Å². The SMILES string of the molecule is Cc1cc(-c2c(C)cc(F)cc2F)cc(C(CC(=O)O)NC(=O)C(CC(C)C)n2cc(CCN3CC(F)C3)cc(F)c2=O)c1F. The lowest BCUT2D eigenvalue weighted by atomic mass is 9.92. The van der Waals surface area contributed by atoms with Crippen LogP contribution < -0.4 is 10.9 Å². The number of carbonyl (C=O) groups excluding carboxylic acids is 1. The maximum absolute atomic E-state index is 15.6. The number of carboxylic acid groups (broad SMARTS) is 1. The normalized spacial score (nSPS) is 15.2. The van der Waals surface area contributed by atoms with E-state index in [0.29, 0.717) is 18.2 Å². The average Bonchev–Trinajstić information content (AvgIpc) is 2.91. The van der Waals surface area contributed by atoms with Crippen molar-refractivity contribution in [3.63, 3.8) is 0 Å². The number of carboxylic acids is 1. The summed E-state index contributed by atoms with van der Waals surface area (Å²) in [7, 11) is 0. The van der Waals surface area contributed by atoms with Gasteiger partial charge in [0.25, 0.3) is 5.56 Å². The molecule has 0 aliphatic carbocycles. The molecule has 2 atom stereocenters. The van der Waals surface area contributed by atoms with Gasteiger partial charge in [0.05, 0.1) is 12.5 Å². The Kier molecular flexibility index (Phi) is 10.5. The van der Waals surface area contributed by atoms with E-state index in [-0.39, 0.29) is 59.7 Å². The van der Waals surface area contributed by atoms with Gasteiger partial charge in [-0.05, 0) is 79.1 Å². The molecule has 3 aromatic rings. The van der Waals surface area contributed by atoms with Crippen LogP contribution in [0.1, 0.15) is 61.0 Å². The number of aliphatic carboxylic acids is 1. The van der Waals surface area contributed by atoms with Crippen molar-refractivity contribution in [2.75, 3.05) is 19.6 Å². The minimum Gasteiger partial charge on any atom is -0.481 e. The number of aromatic nitrogens is 1. The van der Waals surface area contributed by atoms with Crippen molar-refractivity contribution in [3.05, 3.63) is 92.4 Å². The first kappa shape index (κ1) is 33.8. The van der Waals surface area contributed by atoms with Crippen molar-refractivity contribution in [2.24, 2.45) is 5.92 Å². The number of rotatable bonds is 12. The highest BCUT2D eigenvalue weighted by atomic mass is 19.1. The van der Waals surface area contributed by atoms with Crippen molar-refractivity contribution in [1.82, 2.24) is 14.8 Å². The summed E-state index contributed by atoms with van der Waals surface area (Å²) in [4.78, 5) is 40.5. The summed E-state index contributed by atoms with van der Waals surface area (Å²) in [5.41, 5.74) is -0.522. The van der Waals surface area contributed by atoms with Gasteiger partial charge in [0.1, 0.15) is 29.7 Å². The molecule has 2 heterocycles. The topological polar surface area (TPSA) is 91.6 Å². The van der Waals surface area contributed by atoms with Crippen LogP contribution in [0.5, 0.6) is 0 Å². The van der Waals surface area contributed by atoms with Crippen LogP contribution in [0.3, 0.4) is 0 Å². The van der Waals surface area contributed by atoms with Gasteiger partial charge >= 0.3 is 5.97 Å². The number of carbonyl (C=O) groups is 2. The second-order valence-corrected chi connectivity index (χ2v) is 12.1. The summed E-state index contributed by atoms with van der Waals surface area (Å²) in [5, 5.41) is 12.2. The number of benzene rings is 2. The Labute approximate surface area is 257 Å². The number of hydrogen-bond donors (Lipinski definition) is 2. The molecule has 2 N–H and O–H groups in total. The Morgan fingerprint density at radius 2 is 1.69 bits per heavy atom. The van der Waals surface area contributed by atoms with E-state index in [0.717, 1.165) is 16.7 Å². The highest BCUT2D eigenvalue weighted by Gasteiger charge is 2.30. The predicted molar refractivity (Wildman–Crippen MR) is 159 cm³/mol. The van der Waals surface area contributed by atoms with E-state index in [1.807, 2.05) is 4.90 Å². The molecule has 2 aromatic carbocycles. The van der Waals surface area contributed by atoms with Crippen molar-refractivity contribution in [3.8, 4) is 11.1 Å². The van der Waals surface area contributed by atoms with E-state index in [1.54, 1.807) is 13.8 Å². The first-order chi connectivity index (χ1) is 21.1. The van der Waals surface area contributed by atoms with Gasteiger partial charge in [-0.1, -0.05) is 13.8 Å². The zero-order valence-electron chi connectivity index (χ0n) is 25.5. The van der Waals surface area contributed by atoms with Crippen molar-refractivity contribution in [2.45, 2.75) is 65.2 Å². The Morgan fingerprint density at radius 1 is 1.00 bits per heavy atom. The summed E-state index contributed by atoms with van der Waals surface area (Å²) in [5.74, 6) is -6.02. The minimum atomic E-state index is -1.46. The average molecular weight is 634 g/mol. The molecular formula is C33H36F5N3O4. The molecule has 0 radical (unpaired) electrons. The van der Waals surface area contributed by atoms with Crippen LogP contribution in [-0.2, 0) is 16.0 Å². The third kappa shape index (κ3) is 7.97. The minimum absolute atomic E-state index is 0.0158. The Hall–Kier alpha value is -4.06. The fourth-order valence-corrected chi connectivity index (χ4v) is 5.70. The molecule has 0 bridgehead atoms. The summed E-state index contributed by atoms with van der Waals surface area (Å²) < 4.78 is 73.3. The molecule has 12 heteroatoms. The standard InChI is InChI=1S/C33H36F5N3O4/c1-17(2)7-28(41-14-20(10-26(37)33(41)45)5-6-40-15-23(35)16-40)32(44)39-27(13-29(42)43)24-11-21(8-19(4)31(24)38)30-18(3)9-22(34)12-25(30)36/h8-12,14,17,23,27-28H,5-7,13,15-16H2,1-4H3,(H,39,44)(H,42,43). The van der Waals surface area contributed by atoms with Gasteiger partial charge in [0.15, 0.2) is 5.82 Å². The van der Waals surface area contributed by atoms with Gasteiger partial charge in [-0.3, -0.25) is 19.3 Å². The van der Waals surface area contributed by atoms with E-state index in [1.165, 1.54) is 32.2 Å². The van der Waals surface area contributed by atoms with Gasteiger partial charge < -0.3 is 15.0 Å². The molecular weight excluding hydrogens is 597 g/mol. The van der Waals surface area contributed by atoms with E-state index in [2.05, 4.69) is 5.32 Å². The number of hydrogen-bond acceptors (Lipinski definition) is 4. The smallest absolute Gasteiger partial charge is 0.305 e. The third-order valence-corrected chi connectivity index (χ3v) is 7.91. The third-order valence-electron chi connectivity index (χ3n) is 7.91. The number of aryl methyl sites for hydroxylation is 2. The highest BCUT2D eigenvalue weighted by Crippen LogP contribution is 2.34. The number of amides is 1. The number of pyridine rings is 1. The van der Waals surface area contributed by atoms with Crippen molar-refractivity contribution < 1.29 is 36.6 Å². The van der Waals surface area contributed by atoms with Gasteiger partial charge in [0, 0.05) is 43.0 Å². The van der Waals surface area contributed by atoms with E-state index in [4.69, 9.17) is 0 Å². The maximum Gasteiger partial charge on any atom is 0.305 e. The molecule has 1 aliphatic heterocycles. The molecule has 2 unspecified atom stereocenters. The summed E-state index contributed by atoms with van der Waals surface area (Å²) >= 11 is 0. The van der Waals surface area contributed by atoms with Crippen LogP contribution in [0.15, 0.2) is 41.3 Å². The molecule has 1 fully saturated rings. The fraction of sp³-hybridized carbons (Fsp3) is 0.424. The molecule has 0 spiro atoms. The lowest BCUT2D eigenvalue weighted by molar-refractivity contribution is -0.138. The number of alkyl halides is 1. The summed E-state index contributed by atoms with van der Waals surface area (Å²) in [6.07, 6.45) is 0.0350. The number of likely N-dealkylation sites (tertiary alicyclic amines) is 1. The molecule has 45 heavy (non-hydrogen) atoms. The van der Waals surface area contributed by atoms with Crippen LogP contribution in [0.2, 0.25) is 0 Å². The Bertz CT molecular complexity index is 1630. The summed E-state index contributed by atoms with van der Waals surface area (Å²) in [6.45, 7) is 7.36. The number of nitrogens with zero attached hydrogens (tertiary/aromatic N) is 2. The molecule has 1 saturated heterocycles. The van der Waals surface area contributed by atoms with Gasteiger partial charge in [-0.25, -0.2) is 22.0 Å². The largest absolute Gasteiger partial charge is 0.481 e. The Morgan fingerprint density at radius 3 is 2.29 bits per heavy atom. The van der Waals surface area contributed by atoms with Crippen LogP contribution in [0.4, 0.5) is 22.0 Å². The first-order valence-electron chi connectivity index (χ1n) is 14.7. The predicted octanol–water partition coefficient (Wildman–Crippen LogP) is 5.80. The lowest BCUT2D eigenvalue weighted by Gasteiger charge is -2.34. The van der Waals surface area contributed by atoms with Crippen LogP contribution >= 0.6 is 0 Å². The van der Waals surface area contributed by atoms with Gasteiger partial charge in [-0.2, -0.15) is 0 Å². The lowest BCUT2D eigenvalue weighted by Crippen LogP contribution is -2.49. The fourth-order valence-electron chi connectivity index (χ4n) is 5.70.